The molecule has 1 aliphatic rings. The first-order chi connectivity index (χ1) is 17.0. The molecule has 1 aliphatic carbocycles. The average molecular weight is 476 g/mol. The molecule has 0 saturated carbocycles. The summed E-state index contributed by atoms with van der Waals surface area (Å²) in [7, 11) is 0. The van der Waals surface area contributed by atoms with Crippen molar-refractivity contribution in [3.8, 4) is 11.1 Å². The molecular formula is C25H24N4O6. The molecule has 4 N–H and O–H groups in total. The molecule has 4 rings (SSSR count). The van der Waals surface area contributed by atoms with Crippen molar-refractivity contribution < 1.29 is 29.3 Å². The van der Waals surface area contributed by atoms with E-state index in [4.69, 9.17) is 14.9 Å². The highest BCUT2D eigenvalue weighted by molar-refractivity contribution is 5.96. The first-order valence-corrected chi connectivity index (χ1v) is 11.0. The van der Waals surface area contributed by atoms with Crippen LogP contribution in [0.2, 0.25) is 0 Å². The number of nitrogens with zero attached hydrogens (tertiary/aromatic N) is 2. The van der Waals surface area contributed by atoms with Crippen LogP contribution < -0.4 is 10.6 Å². The summed E-state index contributed by atoms with van der Waals surface area (Å²) in [6, 6.07) is 14.9. The Kier molecular flexibility index (Phi) is 7.32. The Hall–Kier alpha value is -4.31. The van der Waals surface area contributed by atoms with Gasteiger partial charge in [0.05, 0.1) is 12.1 Å². The van der Waals surface area contributed by atoms with E-state index in [-0.39, 0.29) is 43.5 Å². The maximum Gasteiger partial charge on any atom is 0.407 e. The minimum atomic E-state index is -1.25. The highest BCUT2D eigenvalue weighted by atomic mass is 16.5. The molecule has 0 bridgehead atoms. The third kappa shape index (κ3) is 5.44. The molecule has 35 heavy (non-hydrogen) atoms. The SMILES string of the molecule is O=C(NCc1ncc(C(=O)NC(CCO)C(=O)O)cn1)OCC1c2ccccc2-c2ccccc21. The average Bonchev–Trinajstić information content (AvgIpc) is 3.20. The van der Waals surface area contributed by atoms with Crippen LogP contribution in [0, 0.1) is 0 Å². The zero-order valence-corrected chi connectivity index (χ0v) is 18.7. The number of ether oxygens (including phenoxy) is 1. The number of carboxylic acids is 1. The highest BCUT2D eigenvalue weighted by Gasteiger charge is 2.29. The molecule has 0 spiro atoms. The number of carbonyl (C=O) groups excluding carboxylic acids is 2. The monoisotopic (exact) mass is 476 g/mol. The first kappa shape index (κ1) is 23.8. The van der Waals surface area contributed by atoms with E-state index in [1.807, 2.05) is 36.4 Å². The lowest BCUT2D eigenvalue weighted by atomic mass is 9.98. The van der Waals surface area contributed by atoms with Gasteiger partial charge >= 0.3 is 12.1 Å². The van der Waals surface area contributed by atoms with Crippen molar-refractivity contribution in [3.63, 3.8) is 0 Å². The van der Waals surface area contributed by atoms with E-state index in [9.17, 15) is 14.4 Å². The van der Waals surface area contributed by atoms with Gasteiger partial charge in [-0.2, -0.15) is 0 Å². The van der Waals surface area contributed by atoms with Crippen molar-refractivity contribution in [2.24, 2.45) is 0 Å². The van der Waals surface area contributed by atoms with Crippen LogP contribution in [0.4, 0.5) is 4.79 Å². The summed E-state index contributed by atoms with van der Waals surface area (Å²) >= 11 is 0. The van der Waals surface area contributed by atoms with Crippen LogP contribution >= 0.6 is 0 Å². The summed E-state index contributed by atoms with van der Waals surface area (Å²) in [5.74, 6) is -1.73. The number of aliphatic carboxylic acids is 1. The fraction of sp³-hybridized carbons (Fsp3) is 0.240. The number of carboxylic acid groups (broad SMARTS) is 1. The number of hydrogen-bond acceptors (Lipinski definition) is 7. The van der Waals surface area contributed by atoms with Gasteiger partial charge in [0, 0.05) is 31.3 Å². The molecule has 0 fully saturated rings. The summed E-state index contributed by atoms with van der Waals surface area (Å²) in [5, 5.41) is 22.9. The Bertz CT molecular complexity index is 1190. The molecule has 10 heteroatoms. The number of alkyl carbamates (subject to hydrolysis) is 1. The number of hydrogen-bond donors (Lipinski definition) is 4. The quantitative estimate of drug-likeness (QED) is 0.367. The summed E-state index contributed by atoms with van der Waals surface area (Å²) in [6.07, 6.45) is 1.72. The molecule has 10 nitrogen and oxygen atoms in total. The van der Waals surface area contributed by atoms with E-state index in [1.54, 1.807) is 0 Å². The van der Waals surface area contributed by atoms with Crippen molar-refractivity contribution in [1.29, 1.82) is 0 Å². The normalized spacial score (nSPS) is 12.8. The number of fused-ring (bicyclic) bond motifs is 3. The van der Waals surface area contributed by atoms with Crippen LogP contribution in [0.1, 0.15) is 39.6 Å². The number of nitrogens with one attached hydrogen (secondary N) is 2. The van der Waals surface area contributed by atoms with E-state index in [1.165, 1.54) is 12.4 Å². The molecule has 0 saturated heterocycles. The predicted molar refractivity (Wildman–Crippen MR) is 125 cm³/mol. The smallest absolute Gasteiger partial charge is 0.407 e. The first-order valence-electron chi connectivity index (χ1n) is 11.0. The zero-order chi connectivity index (χ0) is 24.8. The maximum atomic E-state index is 12.3. The molecule has 0 radical (unpaired) electrons. The van der Waals surface area contributed by atoms with Crippen molar-refractivity contribution in [3.05, 3.63) is 83.4 Å². The molecule has 1 unspecified atom stereocenters. The van der Waals surface area contributed by atoms with E-state index >= 15 is 0 Å². The third-order valence-electron chi connectivity index (χ3n) is 5.72. The van der Waals surface area contributed by atoms with Gasteiger partial charge < -0.3 is 25.6 Å². The molecule has 1 aromatic heterocycles. The molecule has 3 aromatic rings. The minimum absolute atomic E-state index is 0.0131. The zero-order valence-electron chi connectivity index (χ0n) is 18.7. The lowest BCUT2D eigenvalue weighted by molar-refractivity contribution is -0.139. The van der Waals surface area contributed by atoms with Crippen LogP contribution in [0.15, 0.2) is 60.9 Å². The number of aromatic nitrogens is 2. The van der Waals surface area contributed by atoms with E-state index < -0.39 is 24.0 Å². The van der Waals surface area contributed by atoms with Crippen LogP contribution in [0.3, 0.4) is 0 Å². The second kappa shape index (κ2) is 10.7. The molecular weight excluding hydrogens is 452 g/mol. The van der Waals surface area contributed by atoms with Crippen LogP contribution in [-0.4, -0.2) is 57.4 Å². The fourth-order valence-corrected chi connectivity index (χ4v) is 3.99. The van der Waals surface area contributed by atoms with Crippen molar-refractivity contribution in [1.82, 2.24) is 20.6 Å². The molecule has 0 aliphatic heterocycles. The molecule has 1 heterocycles. The van der Waals surface area contributed by atoms with Gasteiger partial charge in [-0.05, 0) is 22.3 Å². The van der Waals surface area contributed by atoms with E-state index in [2.05, 4.69) is 32.7 Å². The summed E-state index contributed by atoms with van der Waals surface area (Å²) in [4.78, 5) is 43.6. The van der Waals surface area contributed by atoms with E-state index in [0.29, 0.717) is 0 Å². The van der Waals surface area contributed by atoms with Gasteiger partial charge in [-0.3, -0.25) is 4.79 Å². The molecule has 2 aromatic carbocycles. The lowest BCUT2D eigenvalue weighted by Gasteiger charge is -2.14. The van der Waals surface area contributed by atoms with Gasteiger partial charge in [0.25, 0.3) is 5.91 Å². The second-order valence-corrected chi connectivity index (χ2v) is 7.94. The number of benzene rings is 2. The Morgan fingerprint density at radius 2 is 1.57 bits per heavy atom. The minimum Gasteiger partial charge on any atom is -0.480 e. The predicted octanol–water partition coefficient (Wildman–Crippen LogP) is 2.08. The highest BCUT2D eigenvalue weighted by Crippen LogP contribution is 2.44. The standard InChI is InChI=1S/C25H24N4O6/c30-10-9-21(24(32)33)29-23(31)15-11-26-22(27-12-15)13-28-25(34)35-14-20-18-7-3-1-5-16(18)17-6-2-4-8-19(17)20/h1-8,11-12,20-21,30H,9-10,13-14H2,(H,28,34)(H,29,31)(H,32,33). The second-order valence-electron chi connectivity index (χ2n) is 7.94. The number of amides is 2. The van der Waals surface area contributed by atoms with Gasteiger partial charge in [0.1, 0.15) is 18.5 Å². The summed E-state index contributed by atoms with van der Waals surface area (Å²) in [6.45, 7) is -0.215. The Morgan fingerprint density at radius 1 is 0.971 bits per heavy atom. The number of aliphatic hydroxyl groups excluding tert-OH is 1. The number of carbonyl (C=O) groups is 3. The van der Waals surface area contributed by atoms with Crippen LogP contribution in [-0.2, 0) is 16.1 Å². The van der Waals surface area contributed by atoms with Crippen molar-refractivity contribution >= 4 is 18.0 Å². The Labute approximate surface area is 201 Å². The molecule has 2 amide bonds. The van der Waals surface area contributed by atoms with Gasteiger partial charge in [-0.15, -0.1) is 0 Å². The van der Waals surface area contributed by atoms with Gasteiger partial charge in [-0.25, -0.2) is 19.6 Å². The van der Waals surface area contributed by atoms with Crippen LogP contribution in [0.5, 0.6) is 0 Å². The van der Waals surface area contributed by atoms with Crippen molar-refractivity contribution in [2.45, 2.75) is 24.9 Å². The third-order valence-corrected chi connectivity index (χ3v) is 5.72. The molecule has 180 valence electrons. The van der Waals surface area contributed by atoms with Gasteiger partial charge in [-0.1, -0.05) is 48.5 Å². The van der Waals surface area contributed by atoms with Crippen LogP contribution in [0.25, 0.3) is 11.1 Å². The lowest BCUT2D eigenvalue weighted by Crippen LogP contribution is -2.41. The number of rotatable bonds is 9. The van der Waals surface area contributed by atoms with Gasteiger partial charge in [0.15, 0.2) is 0 Å². The Morgan fingerprint density at radius 3 is 2.14 bits per heavy atom. The largest absolute Gasteiger partial charge is 0.480 e. The van der Waals surface area contributed by atoms with E-state index in [0.717, 1.165) is 22.3 Å². The maximum absolute atomic E-state index is 12.3. The van der Waals surface area contributed by atoms with Crippen molar-refractivity contribution in [2.75, 3.05) is 13.2 Å². The van der Waals surface area contributed by atoms with Gasteiger partial charge in [0.2, 0.25) is 0 Å². The Balaban J connectivity index is 1.30. The number of aliphatic hydroxyl groups is 1. The summed E-state index contributed by atoms with van der Waals surface area (Å²) < 4.78 is 5.47. The molecule has 1 atom stereocenters. The topological polar surface area (TPSA) is 151 Å². The summed E-state index contributed by atoms with van der Waals surface area (Å²) in [5.41, 5.74) is 4.56. The fourth-order valence-electron chi connectivity index (χ4n) is 3.99.